The van der Waals surface area contributed by atoms with E-state index in [1.165, 1.54) is 6.07 Å². The quantitative estimate of drug-likeness (QED) is 0.643. The first-order valence-corrected chi connectivity index (χ1v) is 6.95. The van der Waals surface area contributed by atoms with E-state index in [0.29, 0.717) is 0 Å². The molecule has 0 saturated heterocycles. The summed E-state index contributed by atoms with van der Waals surface area (Å²) in [6.07, 6.45) is 1.53. The van der Waals surface area contributed by atoms with Crippen LogP contribution in [0, 0.1) is 0 Å². The fraction of sp³-hybridized carbons (Fsp3) is 0.118. The smallest absolute Gasteiger partial charge is 0.174 e. The molecule has 0 fully saturated rings. The van der Waals surface area contributed by atoms with Crippen LogP contribution < -0.4 is 4.74 Å². The third-order valence-corrected chi connectivity index (χ3v) is 3.95. The minimum atomic E-state index is -0.447. The van der Waals surface area contributed by atoms with Gasteiger partial charge in [-0.3, -0.25) is 4.79 Å². The summed E-state index contributed by atoms with van der Waals surface area (Å²) in [5.74, 6) is -0.376. The second-order valence-electron chi connectivity index (χ2n) is 5.36. The number of phenols is 2. The molecular formula is C17H13NO4. The van der Waals surface area contributed by atoms with Crippen LogP contribution in [0.1, 0.15) is 28.4 Å². The van der Waals surface area contributed by atoms with Crippen molar-refractivity contribution in [2.45, 2.75) is 12.5 Å². The van der Waals surface area contributed by atoms with Crippen molar-refractivity contribution in [3.05, 3.63) is 53.7 Å². The maximum absolute atomic E-state index is 12.3. The van der Waals surface area contributed by atoms with Gasteiger partial charge in [0.05, 0.1) is 6.42 Å². The number of H-pyrrole nitrogens is 1. The predicted octanol–water partition coefficient (Wildman–Crippen LogP) is 3.29. The summed E-state index contributed by atoms with van der Waals surface area (Å²) in [4.78, 5) is 15.5. The number of aromatic amines is 1. The van der Waals surface area contributed by atoms with Crippen molar-refractivity contribution < 1.29 is 19.7 Å². The number of fused-ring (bicyclic) bond motifs is 2. The van der Waals surface area contributed by atoms with Crippen LogP contribution >= 0.6 is 0 Å². The SMILES string of the molecule is O=C1CC(c2c[nH]c3ccccc23)Oc2cc(O)cc(O)c21. The van der Waals surface area contributed by atoms with E-state index in [-0.39, 0.29) is 35.0 Å². The monoisotopic (exact) mass is 295 g/mol. The molecule has 0 spiro atoms. The lowest BCUT2D eigenvalue weighted by Gasteiger charge is -2.25. The number of Topliss-reactive ketones (excluding diaryl/α,β-unsaturated/α-hetero) is 1. The van der Waals surface area contributed by atoms with Crippen molar-refractivity contribution in [3.63, 3.8) is 0 Å². The molecule has 1 unspecified atom stereocenters. The number of para-hydroxylation sites is 1. The van der Waals surface area contributed by atoms with Gasteiger partial charge < -0.3 is 19.9 Å². The van der Waals surface area contributed by atoms with Crippen LogP contribution in [0.5, 0.6) is 17.2 Å². The molecule has 5 heteroatoms. The zero-order valence-electron chi connectivity index (χ0n) is 11.5. The van der Waals surface area contributed by atoms with E-state index in [9.17, 15) is 15.0 Å². The van der Waals surface area contributed by atoms with Crippen molar-refractivity contribution in [1.82, 2.24) is 4.98 Å². The summed E-state index contributed by atoms with van der Waals surface area (Å²) in [6, 6.07) is 10.3. The summed E-state index contributed by atoms with van der Waals surface area (Å²) < 4.78 is 5.86. The lowest BCUT2D eigenvalue weighted by molar-refractivity contribution is 0.0846. The maximum Gasteiger partial charge on any atom is 0.174 e. The minimum Gasteiger partial charge on any atom is -0.508 e. The maximum atomic E-state index is 12.3. The van der Waals surface area contributed by atoms with Crippen LogP contribution in [0.4, 0.5) is 0 Å². The number of benzene rings is 2. The van der Waals surface area contributed by atoms with Crippen LogP contribution in [0.15, 0.2) is 42.6 Å². The van der Waals surface area contributed by atoms with Gasteiger partial charge in [0.25, 0.3) is 0 Å². The summed E-state index contributed by atoms with van der Waals surface area (Å²) in [5.41, 5.74) is 1.99. The highest BCUT2D eigenvalue weighted by Gasteiger charge is 2.31. The molecule has 5 nitrogen and oxygen atoms in total. The molecule has 22 heavy (non-hydrogen) atoms. The van der Waals surface area contributed by atoms with E-state index < -0.39 is 6.10 Å². The summed E-state index contributed by atoms with van der Waals surface area (Å²) in [7, 11) is 0. The molecule has 0 aliphatic carbocycles. The molecule has 1 aromatic heterocycles. The molecule has 2 aromatic carbocycles. The molecule has 1 aliphatic rings. The molecule has 1 aliphatic heterocycles. The highest BCUT2D eigenvalue weighted by Crippen LogP contribution is 2.42. The molecule has 0 saturated carbocycles. The van der Waals surface area contributed by atoms with Crippen molar-refractivity contribution in [2.24, 2.45) is 0 Å². The third-order valence-electron chi connectivity index (χ3n) is 3.95. The van der Waals surface area contributed by atoms with Gasteiger partial charge in [-0.15, -0.1) is 0 Å². The molecule has 2 heterocycles. The number of rotatable bonds is 1. The van der Waals surface area contributed by atoms with E-state index >= 15 is 0 Å². The van der Waals surface area contributed by atoms with Crippen molar-refractivity contribution in [3.8, 4) is 17.2 Å². The first-order chi connectivity index (χ1) is 10.6. The van der Waals surface area contributed by atoms with Gasteiger partial charge >= 0.3 is 0 Å². The van der Waals surface area contributed by atoms with Crippen molar-refractivity contribution in [1.29, 1.82) is 0 Å². The molecule has 1 atom stereocenters. The molecule has 3 aromatic rings. The van der Waals surface area contributed by atoms with Gasteiger partial charge in [-0.2, -0.15) is 0 Å². The molecule has 3 N–H and O–H groups in total. The molecule has 0 radical (unpaired) electrons. The zero-order valence-corrected chi connectivity index (χ0v) is 11.5. The van der Waals surface area contributed by atoms with E-state index in [1.807, 2.05) is 30.5 Å². The van der Waals surface area contributed by atoms with Crippen molar-refractivity contribution in [2.75, 3.05) is 0 Å². The Morgan fingerprint density at radius 1 is 1.18 bits per heavy atom. The molecule has 0 bridgehead atoms. The number of ketones is 1. The number of hydrogen-bond acceptors (Lipinski definition) is 4. The first kappa shape index (κ1) is 12.8. The van der Waals surface area contributed by atoms with E-state index in [0.717, 1.165) is 22.5 Å². The first-order valence-electron chi connectivity index (χ1n) is 6.95. The Bertz CT molecular complexity index is 897. The number of aromatic nitrogens is 1. The van der Waals surface area contributed by atoms with Gasteiger partial charge in [0.15, 0.2) is 5.78 Å². The second-order valence-corrected chi connectivity index (χ2v) is 5.36. The van der Waals surface area contributed by atoms with E-state index in [1.54, 1.807) is 0 Å². The normalized spacial score (nSPS) is 17.3. The fourth-order valence-electron chi connectivity index (χ4n) is 2.96. The average Bonchev–Trinajstić information content (AvgIpc) is 2.89. The topological polar surface area (TPSA) is 82.6 Å². The fourth-order valence-corrected chi connectivity index (χ4v) is 2.96. The van der Waals surface area contributed by atoms with Gasteiger partial charge in [0.2, 0.25) is 0 Å². The standard InChI is InChI=1S/C17H13NO4/c19-9-5-13(20)17-14(21)7-15(22-16(17)6-9)11-8-18-12-4-2-1-3-10(11)12/h1-6,8,15,18-20H,7H2. The Morgan fingerprint density at radius 2 is 2.00 bits per heavy atom. The van der Waals surface area contributed by atoms with Crippen LogP contribution in [-0.2, 0) is 0 Å². The molecule has 110 valence electrons. The Morgan fingerprint density at radius 3 is 2.86 bits per heavy atom. The number of hydrogen-bond donors (Lipinski definition) is 3. The predicted molar refractivity (Wildman–Crippen MR) is 80.4 cm³/mol. The summed E-state index contributed by atoms with van der Waals surface area (Å²) >= 11 is 0. The minimum absolute atomic E-state index is 0.133. The van der Waals surface area contributed by atoms with Gasteiger partial charge in [-0.1, -0.05) is 18.2 Å². The lowest BCUT2D eigenvalue weighted by atomic mass is 9.95. The number of nitrogens with one attached hydrogen (secondary N) is 1. The molecular weight excluding hydrogens is 282 g/mol. The summed E-state index contributed by atoms with van der Waals surface area (Å²) in [5, 5.41) is 20.4. The highest BCUT2D eigenvalue weighted by molar-refractivity contribution is 6.03. The third kappa shape index (κ3) is 1.83. The Hall–Kier alpha value is -2.95. The number of ether oxygens (including phenoxy) is 1. The van der Waals surface area contributed by atoms with Crippen LogP contribution in [0.3, 0.4) is 0 Å². The average molecular weight is 295 g/mol. The molecule has 0 amide bonds. The highest BCUT2D eigenvalue weighted by atomic mass is 16.5. The van der Waals surface area contributed by atoms with Gasteiger partial charge in [-0.25, -0.2) is 0 Å². The number of aromatic hydroxyl groups is 2. The van der Waals surface area contributed by atoms with Gasteiger partial charge in [-0.05, 0) is 6.07 Å². The second kappa shape index (κ2) is 4.53. The zero-order chi connectivity index (χ0) is 15.3. The Balaban J connectivity index is 1.81. The van der Waals surface area contributed by atoms with E-state index in [2.05, 4.69) is 4.98 Å². The van der Waals surface area contributed by atoms with E-state index in [4.69, 9.17) is 4.74 Å². The summed E-state index contributed by atoms with van der Waals surface area (Å²) in [6.45, 7) is 0. The number of phenolic OH excluding ortho intramolecular Hbond substituents is 2. The van der Waals surface area contributed by atoms with Gasteiger partial charge in [0, 0.05) is 34.8 Å². The van der Waals surface area contributed by atoms with Crippen LogP contribution in [0.2, 0.25) is 0 Å². The van der Waals surface area contributed by atoms with Crippen LogP contribution in [0.25, 0.3) is 10.9 Å². The lowest BCUT2D eigenvalue weighted by Crippen LogP contribution is -2.20. The van der Waals surface area contributed by atoms with Crippen LogP contribution in [-0.4, -0.2) is 21.0 Å². The largest absolute Gasteiger partial charge is 0.508 e. The Labute approximate surface area is 125 Å². The number of carbonyl (C=O) groups excluding carboxylic acids is 1. The number of carbonyl (C=O) groups is 1. The Kier molecular flexibility index (Phi) is 2.63. The molecule has 4 rings (SSSR count). The van der Waals surface area contributed by atoms with Gasteiger partial charge in [0.1, 0.15) is 28.9 Å². The van der Waals surface area contributed by atoms with Crippen molar-refractivity contribution >= 4 is 16.7 Å².